The SMILES string of the molecule is C[C@@H](NC(=O)Cc1ccccc1)c1ccccc1F. The Morgan fingerprint density at radius 1 is 1.11 bits per heavy atom. The van der Waals surface area contributed by atoms with Gasteiger partial charge < -0.3 is 5.32 Å². The van der Waals surface area contributed by atoms with E-state index in [0.29, 0.717) is 12.0 Å². The Morgan fingerprint density at radius 3 is 2.42 bits per heavy atom. The molecule has 2 rings (SSSR count). The van der Waals surface area contributed by atoms with Crippen molar-refractivity contribution in [2.75, 3.05) is 0 Å². The number of nitrogens with one attached hydrogen (secondary N) is 1. The summed E-state index contributed by atoms with van der Waals surface area (Å²) in [7, 11) is 0. The fraction of sp³-hybridized carbons (Fsp3) is 0.188. The van der Waals surface area contributed by atoms with Crippen molar-refractivity contribution in [3.63, 3.8) is 0 Å². The monoisotopic (exact) mass is 257 g/mol. The maximum absolute atomic E-state index is 13.6. The Balaban J connectivity index is 1.98. The normalized spacial score (nSPS) is 11.9. The average Bonchev–Trinajstić information content (AvgIpc) is 2.40. The van der Waals surface area contributed by atoms with Gasteiger partial charge in [-0.05, 0) is 18.6 Å². The maximum atomic E-state index is 13.6. The predicted octanol–water partition coefficient (Wildman–Crippen LogP) is 3.25. The third-order valence-electron chi connectivity index (χ3n) is 2.96. The lowest BCUT2D eigenvalue weighted by Gasteiger charge is -2.15. The first-order valence-corrected chi connectivity index (χ1v) is 6.24. The summed E-state index contributed by atoms with van der Waals surface area (Å²) < 4.78 is 13.6. The number of carbonyl (C=O) groups is 1. The van der Waals surface area contributed by atoms with Crippen LogP contribution in [0.2, 0.25) is 0 Å². The summed E-state index contributed by atoms with van der Waals surface area (Å²) in [6.07, 6.45) is 0.305. The van der Waals surface area contributed by atoms with Crippen molar-refractivity contribution in [2.45, 2.75) is 19.4 Å². The van der Waals surface area contributed by atoms with E-state index in [1.807, 2.05) is 30.3 Å². The molecular formula is C16H16FNO. The summed E-state index contributed by atoms with van der Waals surface area (Å²) in [6.45, 7) is 1.78. The Morgan fingerprint density at radius 2 is 1.74 bits per heavy atom. The summed E-state index contributed by atoms with van der Waals surface area (Å²) in [4.78, 5) is 11.9. The van der Waals surface area contributed by atoms with Crippen molar-refractivity contribution in [2.24, 2.45) is 0 Å². The first-order chi connectivity index (χ1) is 9.16. The van der Waals surface area contributed by atoms with Crippen LogP contribution in [0, 0.1) is 5.82 Å². The highest BCUT2D eigenvalue weighted by atomic mass is 19.1. The van der Waals surface area contributed by atoms with Crippen LogP contribution in [-0.4, -0.2) is 5.91 Å². The molecule has 2 nitrogen and oxygen atoms in total. The van der Waals surface area contributed by atoms with E-state index in [0.717, 1.165) is 5.56 Å². The number of rotatable bonds is 4. The van der Waals surface area contributed by atoms with Crippen molar-refractivity contribution in [1.82, 2.24) is 5.32 Å². The molecule has 0 heterocycles. The summed E-state index contributed by atoms with van der Waals surface area (Å²) in [5.41, 5.74) is 1.45. The molecule has 2 aromatic carbocycles. The lowest BCUT2D eigenvalue weighted by Crippen LogP contribution is -2.28. The van der Waals surface area contributed by atoms with Gasteiger partial charge in [0.1, 0.15) is 5.82 Å². The van der Waals surface area contributed by atoms with Gasteiger partial charge in [0.05, 0.1) is 12.5 Å². The minimum atomic E-state index is -0.336. The molecule has 0 aliphatic carbocycles. The smallest absolute Gasteiger partial charge is 0.224 e. The molecule has 2 aromatic rings. The van der Waals surface area contributed by atoms with Crippen LogP contribution in [0.4, 0.5) is 4.39 Å². The van der Waals surface area contributed by atoms with E-state index in [1.54, 1.807) is 25.1 Å². The van der Waals surface area contributed by atoms with Crippen LogP contribution in [-0.2, 0) is 11.2 Å². The Kier molecular flexibility index (Phi) is 4.29. The molecule has 98 valence electrons. The first kappa shape index (κ1) is 13.3. The largest absolute Gasteiger partial charge is 0.349 e. The molecule has 0 radical (unpaired) electrons. The molecule has 1 N–H and O–H groups in total. The van der Waals surface area contributed by atoms with E-state index < -0.39 is 0 Å². The molecule has 0 saturated carbocycles. The molecule has 3 heteroatoms. The zero-order chi connectivity index (χ0) is 13.7. The van der Waals surface area contributed by atoms with Crippen molar-refractivity contribution in [1.29, 1.82) is 0 Å². The zero-order valence-electron chi connectivity index (χ0n) is 10.8. The van der Waals surface area contributed by atoms with Crippen LogP contribution < -0.4 is 5.32 Å². The Labute approximate surface area is 112 Å². The Hall–Kier alpha value is -2.16. The van der Waals surface area contributed by atoms with E-state index in [1.165, 1.54) is 6.07 Å². The van der Waals surface area contributed by atoms with E-state index >= 15 is 0 Å². The Bertz CT molecular complexity index is 554. The topological polar surface area (TPSA) is 29.1 Å². The molecule has 0 aliphatic rings. The van der Waals surface area contributed by atoms with Crippen molar-refractivity contribution in [3.05, 3.63) is 71.5 Å². The van der Waals surface area contributed by atoms with Gasteiger partial charge in [0.25, 0.3) is 0 Å². The third-order valence-corrected chi connectivity index (χ3v) is 2.96. The molecular weight excluding hydrogens is 241 g/mol. The van der Waals surface area contributed by atoms with Crippen LogP contribution in [0.25, 0.3) is 0 Å². The number of hydrogen-bond acceptors (Lipinski definition) is 1. The molecule has 0 bridgehead atoms. The number of halogens is 1. The van der Waals surface area contributed by atoms with Gasteiger partial charge >= 0.3 is 0 Å². The summed E-state index contributed by atoms with van der Waals surface area (Å²) in [6, 6.07) is 15.6. The van der Waals surface area contributed by atoms with Crippen LogP contribution in [0.1, 0.15) is 24.1 Å². The van der Waals surface area contributed by atoms with E-state index in [2.05, 4.69) is 5.32 Å². The molecule has 0 spiro atoms. The first-order valence-electron chi connectivity index (χ1n) is 6.24. The molecule has 0 saturated heterocycles. The maximum Gasteiger partial charge on any atom is 0.224 e. The van der Waals surface area contributed by atoms with Crippen molar-refractivity contribution >= 4 is 5.91 Å². The second kappa shape index (κ2) is 6.14. The van der Waals surface area contributed by atoms with E-state index in [4.69, 9.17) is 0 Å². The van der Waals surface area contributed by atoms with Gasteiger partial charge in [-0.1, -0.05) is 48.5 Å². The highest BCUT2D eigenvalue weighted by molar-refractivity contribution is 5.78. The van der Waals surface area contributed by atoms with Gasteiger partial charge in [-0.25, -0.2) is 4.39 Å². The number of carbonyl (C=O) groups excluding carboxylic acids is 1. The van der Waals surface area contributed by atoms with E-state index in [9.17, 15) is 9.18 Å². The third kappa shape index (κ3) is 3.65. The lowest BCUT2D eigenvalue weighted by molar-refractivity contribution is -0.121. The average molecular weight is 257 g/mol. The fourth-order valence-electron chi connectivity index (χ4n) is 1.98. The minimum absolute atomic E-state index is 0.109. The second-order valence-corrected chi connectivity index (χ2v) is 4.47. The lowest BCUT2D eigenvalue weighted by atomic mass is 10.1. The van der Waals surface area contributed by atoms with Gasteiger partial charge in [-0.2, -0.15) is 0 Å². The zero-order valence-corrected chi connectivity index (χ0v) is 10.8. The second-order valence-electron chi connectivity index (χ2n) is 4.47. The minimum Gasteiger partial charge on any atom is -0.349 e. The quantitative estimate of drug-likeness (QED) is 0.895. The molecule has 0 unspecified atom stereocenters. The molecule has 0 fully saturated rings. The van der Waals surface area contributed by atoms with Crippen LogP contribution >= 0.6 is 0 Å². The highest BCUT2D eigenvalue weighted by Crippen LogP contribution is 2.16. The van der Waals surface area contributed by atoms with Crippen molar-refractivity contribution < 1.29 is 9.18 Å². The van der Waals surface area contributed by atoms with Crippen LogP contribution in [0.15, 0.2) is 54.6 Å². The van der Waals surface area contributed by atoms with Gasteiger partial charge in [-0.3, -0.25) is 4.79 Å². The van der Waals surface area contributed by atoms with Crippen LogP contribution in [0.5, 0.6) is 0 Å². The molecule has 1 amide bonds. The molecule has 1 atom stereocenters. The van der Waals surface area contributed by atoms with Gasteiger partial charge in [0.2, 0.25) is 5.91 Å². The highest BCUT2D eigenvalue weighted by Gasteiger charge is 2.13. The number of hydrogen-bond donors (Lipinski definition) is 1. The summed E-state index contributed by atoms with van der Waals surface area (Å²) in [5.74, 6) is -0.406. The molecule has 19 heavy (non-hydrogen) atoms. The predicted molar refractivity (Wildman–Crippen MR) is 73.1 cm³/mol. The summed E-state index contributed by atoms with van der Waals surface area (Å²) >= 11 is 0. The van der Waals surface area contributed by atoms with Gasteiger partial charge in [0.15, 0.2) is 0 Å². The number of amides is 1. The van der Waals surface area contributed by atoms with Gasteiger partial charge in [-0.15, -0.1) is 0 Å². The number of benzene rings is 2. The standard InChI is InChI=1S/C16H16FNO/c1-12(14-9-5-6-10-15(14)17)18-16(19)11-13-7-3-2-4-8-13/h2-10,12H,11H2,1H3,(H,18,19)/t12-/m1/s1. The fourth-order valence-corrected chi connectivity index (χ4v) is 1.98. The molecule has 0 aromatic heterocycles. The van der Waals surface area contributed by atoms with Gasteiger partial charge in [0, 0.05) is 5.56 Å². The van der Waals surface area contributed by atoms with Crippen molar-refractivity contribution in [3.8, 4) is 0 Å². The molecule has 0 aliphatic heterocycles. The van der Waals surface area contributed by atoms with Crippen LogP contribution in [0.3, 0.4) is 0 Å². The van der Waals surface area contributed by atoms with E-state index in [-0.39, 0.29) is 17.8 Å². The summed E-state index contributed by atoms with van der Waals surface area (Å²) in [5, 5.41) is 2.81.